The maximum absolute atomic E-state index is 14.0. The van der Waals surface area contributed by atoms with Gasteiger partial charge in [0.1, 0.15) is 10.5 Å². The first-order valence-corrected chi connectivity index (χ1v) is 7.85. The number of carbonyl (C=O) groups excluding carboxylic acids is 1. The van der Waals surface area contributed by atoms with Crippen molar-refractivity contribution in [2.45, 2.75) is 23.8 Å². The smallest absolute Gasteiger partial charge is 0.307 e. The fourth-order valence-corrected chi connectivity index (χ4v) is 2.50. The number of nitrogens with zero attached hydrogens (tertiary/aromatic N) is 1. The Hall–Kier alpha value is -1.81. The van der Waals surface area contributed by atoms with E-state index in [-0.39, 0.29) is 12.1 Å². The zero-order valence-electron chi connectivity index (χ0n) is 10.1. The highest BCUT2D eigenvalue weighted by Crippen LogP contribution is 2.31. The fourth-order valence-electron chi connectivity index (χ4n) is 1.59. The Morgan fingerprint density at radius 1 is 1.38 bits per heavy atom. The van der Waals surface area contributed by atoms with Gasteiger partial charge in [-0.15, -0.1) is 0 Å². The van der Waals surface area contributed by atoms with E-state index >= 15 is 0 Å². The highest BCUT2D eigenvalue weighted by atomic mass is 35.7. The van der Waals surface area contributed by atoms with Gasteiger partial charge in [-0.25, -0.2) is 12.8 Å². The van der Waals surface area contributed by atoms with Gasteiger partial charge >= 0.3 is 5.69 Å². The molecule has 0 heterocycles. The second-order valence-corrected chi connectivity index (χ2v) is 6.87. The Labute approximate surface area is 121 Å². The summed E-state index contributed by atoms with van der Waals surface area (Å²) in [7, 11) is 0.214. The number of benzene rings is 1. The summed E-state index contributed by atoms with van der Waals surface area (Å²) in [6.45, 7) is 0. The highest BCUT2D eigenvalue weighted by molar-refractivity contribution is 8.13. The minimum Gasteiger partial charge on any atom is -0.349 e. The van der Waals surface area contributed by atoms with Crippen LogP contribution < -0.4 is 5.32 Å². The Bertz CT molecular complexity index is 748. The average Bonchev–Trinajstić information content (AvgIpc) is 3.10. The monoisotopic (exact) mass is 340 g/mol. The van der Waals surface area contributed by atoms with Crippen LogP contribution in [-0.2, 0) is 9.05 Å². The minimum atomic E-state index is -4.73. The van der Waals surface area contributed by atoms with Crippen molar-refractivity contribution in [1.82, 2.24) is 5.32 Å². The van der Waals surface area contributed by atoms with Crippen LogP contribution in [0.2, 0.25) is 0 Å². The third kappa shape index (κ3) is 3.10. The largest absolute Gasteiger partial charge is 0.349 e. The lowest BCUT2D eigenvalue weighted by molar-refractivity contribution is -0.387. The third-order valence-corrected chi connectivity index (χ3v) is 4.07. The molecule has 1 amide bonds. The predicted molar refractivity (Wildman–Crippen MR) is 66.5 cm³/mol. The normalized spacial score (nSPS) is 14.8. The molecule has 1 saturated carbocycles. The van der Waals surface area contributed by atoms with Crippen molar-refractivity contribution in [3.05, 3.63) is 33.4 Å². The van der Waals surface area contributed by atoms with Gasteiger partial charge in [-0.05, 0) is 12.8 Å². The molecule has 7 nitrogen and oxygen atoms in total. The second-order valence-electron chi connectivity index (χ2n) is 4.34. The van der Waals surface area contributed by atoms with Crippen LogP contribution in [0.3, 0.4) is 0 Å². The van der Waals surface area contributed by atoms with E-state index in [4.69, 9.17) is 10.7 Å². The van der Waals surface area contributed by atoms with Gasteiger partial charge in [0.2, 0.25) is 5.82 Å². The molecule has 0 atom stereocenters. The molecule has 0 aliphatic heterocycles. The van der Waals surface area contributed by atoms with E-state index in [9.17, 15) is 32.1 Å². The molecule has 0 radical (unpaired) electrons. The van der Waals surface area contributed by atoms with Crippen LogP contribution in [0.4, 0.5) is 14.5 Å². The molecule has 0 bridgehead atoms. The summed E-state index contributed by atoms with van der Waals surface area (Å²) in [5.41, 5.74) is -2.69. The third-order valence-electron chi connectivity index (χ3n) is 2.75. The summed E-state index contributed by atoms with van der Waals surface area (Å²) in [5, 5.41) is 12.9. The van der Waals surface area contributed by atoms with Gasteiger partial charge in [-0.1, -0.05) is 0 Å². The summed E-state index contributed by atoms with van der Waals surface area (Å²) < 4.78 is 50.3. The average molecular weight is 341 g/mol. The van der Waals surface area contributed by atoms with E-state index in [2.05, 4.69) is 5.32 Å². The number of nitro benzene ring substituents is 1. The van der Waals surface area contributed by atoms with Crippen molar-refractivity contribution in [2.24, 2.45) is 0 Å². The predicted octanol–water partition coefficient (Wildman–Crippen LogP) is 1.69. The number of nitrogens with one attached hydrogen (secondary N) is 1. The number of hydrogen-bond donors (Lipinski definition) is 1. The van der Waals surface area contributed by atoms with Crippen molar-refractivity contribution < 1.29 is 26.9 Å². The van der Waals surface area contributed by atoms with Crippen LogP contribution in [0.25, 0.3) is 0 Å². The molecule has 0 unspecified atom stereocenters. The zero-order valence-corrected chi connectivity index (χ0v) is 11.7. The molecule has 0 saturated heterocycles. The molecule has 1 aliphatic rings. The molecule has 21 heavy (non-hydrogen) atoms. The van der Waals surface area contributed by atoms with Crippen LogP contribution in [0.5, 0.6) is 0 Å². The summed E-state index contributed by atoms with van der Waals surface area (Å²) >= 11 is 0. The van der Waals surface area contributed by atoms with E-state index in [1.54, 1.807) is 0 Å². The van der Waals surface area contributed by atoms with Crippen molar-refractivity contribution in [3.63, 3.8) is 0 Å². The van der Waals surface area contributed by atoms with E-state index in [0.717, 1.165) is 0 Å². The van der Waals surface area contributed by atoms with Crippen molar-refractivity contribution in [1.29, 1.82) is 0 Å². The molecule has 0 spiro atoms. The van der Waals surface area contributed by atoms with Crippen LogP contribution in [0.1, 0.15) is 23.2 Å². The summed E-state index contributed by atoms with van der Waals surface area (Å²) in [5.74, 6) is -4.77. The Kier molecular flexibility index (Phi) is 3.85. The van der Waals surface area contributed by atoms with E-state index < -0.39 is 47.7 Å². The number of hydrogen-bond acceptors (Lipinski definition) is 5. The molecule has 1 aliphatic carbocycles. The Balaban J connectivity index is 2.68. The SMILES string of the molecule is O=C(NC1CC1)c1c(F)c([N+](=O)[O-])cc(S(=O)(=O)Cl)c1F. The number of amides is 1. The number of carbonyl (C=O) groups is 1. The second kappa shape index (κ2) is 5.19. The lowest BCUT2D eigenvalue weighted by Crippen LogP contribution is -2.28. The van der Waals surface area contributed by atoms with Crippen LogP contribution in [0.15, 0.2) is 11.0 Å². The molecule has 1 N–H and O–H groups in total. The first-order valence-electron chi connectivity index (χ1n) is 5.55. The summed E-state index contributed by atoms with van der Waals surface area (Å²) in [6, 6.07) is -0.146. The van der Waals surface area contributed by atoms with E-state index in [1.807, 2.05) is 0 Å². The standard InChI is InChI=1S/C10H7ClF2N2O5S/c11-21(19,20)6-3-5(15(17)18)8(12)7(9(6)13)10(16)14-4-1-2-4/h3-4H,1-2H2,(H,14,16). The molecular weight excluding hydrogens is 334 g/mol. The number of rotatable bonds is 4. The van der Waals surface area contributed by atoms with Gasteiger partial charge in [0.05, 0.1) is 4.92 Å². The highest BCUT2D eigenvalue weighted by Gasteiger charge is 2.35. The molecule has 11 heteroatoms. The van der Waals surface area contributed by atoms with Crippen molar-refractivity contribution in [2.75, 3.05) is 0 Å². The maximum atomic E-state index is 14.0. The van der Waals surface area contributed by atoms with Gasteiger partial charge in [0.25, 0.3) is 15.0 Å². The molecule has 1 aromatic carbocycles. The van der Waals surface area contributed by atoms with Crippen LogP contribution >= 0.6 is 10.7 Å². The Morgan fingerprint density at radius 3 is 2.38 bits per heavy atom. The fraction of sp³-hybridized carbons (Fsp3) is 0.300. The van der Waals surface area contributed by atoms with E-state index in [0.29, 0.717) is 12.8 Å². The lowest BCUT2D eigenvalue weighted by atomic mass is 10.1. The van der Waals surface area contributed by atoms with E-state index in [1.165, 1.54) is 0 Å². The number of halogens is 3. The minimum absolute atomic E-state index is 0.140. The molecule has 1 fully saturated rings. The maximum Gasteiger partial charge on any atom is 0.307 e. The van der Waals surface area contributed by atoms with Crippen LogP contribution in [-0.4, -0.2) is 25.3 Å². The topological polar surface area (TPSA) is 106 Å². The first kappa shape index (κ1) is 15.6. The Morgan fingerprint density at radius 2 is 1.95 bits per heavy atom. The van der Waals surface area contributed by atoms with Crippen molar-refractivity contribution >= 4 is 31.3 Å². The van der Waals surface area contributed by atoms with Gasteiger partial charge in [0.15, 0.2) is 5.82 Å². The van der Waals surface area contributed by atoms with Gasteiger partial charge in [-0.3, -0.25) is 14.9 Å². The van der Waals surface area contributed by atoms with Gasteiger partial charge < -0.3 is 5.32 Å². The van der Waals surface area contributed by atoms with Crippen LogP contribution in [0, 0.1) is 21.7 Å². The molecule has 0 aromatic heterocycles. The quantitative estimate of drug-likeness (QED) is 0.510. The van der Waals surface area contributed by atoms with Gasteiger partial charge in [0, 0.05) is 22.8 Å². The molecule has 114 valence electrons. The lowest BCUT2D eigenvalue weighted by Gasteiger charge is -2.08. The van der Waals surface area contributed by atoms with Gasteiger partial charge in [-0.2, -0.15) is 4.39 Å². The molecule has 2 rings (SSSR count). The molecule has 1 aromatic rings. The summed E-state index contributed by atoms with van der Waals surface area (Å²) in [6.07, 6.45) is 1.20. The van der Waals surface area contributed by atoms with Crippen molar-refractivity contribution in [3.8, 4) is 0 Å². The molecular formula is C10H7ClF2N2O5S. The summed E-state index contributed by atoms with van der Waals surface area (Å²) in [4.78, 5) is 19.8. The zero-order chi connectivity index (χ0) is 15.9. The first-order chi connectivity index (χ1) is 9.62. The number of nitro groups is 1.